The minimum atomic E-state index is -0.0128. The molecule has 1 aliphatic carbocycles. The van der Waals surface area contributed by atoms with Crippen LogP contribution in [0.2, 0.25) is 0 Å². The molecule has 0 aromatic carbocycles. The zero-order chi connectivity index (χ0) is 15.5. The van der Waals surface area contributed by atoms with E-state index in [0.717, 1.165) is 30.8 Å². The number of nitrogens with one attached hydrogen (secondary N) is 2. The van der Waals surface area contributed by atoms with Crippen molar-refractivity contribution in [3.8, 4) is 0 Å². The van der Waals surface area contributed by atoms with Gasteiger partial charge >= 0.3 is 0 Å². The van der Waals surface area contributed by atoms with Gasteiger partial charge in [0.05, 0.1) is 11.3 Å². The number of pyridine rings is 1. The maximum atomic E-state index is 12.5. The molecule has 0 spiro atoms. The van der Waals surface area contributed by atoms with E-state index in [4.69, 9.17) is 0 Å². The zero-order valence-corrected chi connectivity index (χ0v) is 13.6. The average Bonchev–Trinajstić information content (AvgIpc) is 2.37. The highest BCUT2D eigenvalue weighted by atomic mass is 16.1. The van der Waals surface area contributed by atoms with Gasteiger partial charge in [0.1, 0.15) is 0 Å². The fourth-order valence-corrected chi connectivity index (χ4v) is 3.16. The van der Waals surface area contributed by atoms with E-state index in [2.05, 4.69) is 29.5 Å². The summed E-state index contributed by atoms with van der Waals surface area (Å²) in [4.78, 5) is 16.8. The predicted octanol–water partition coefficient (Wildman–Crippen LogP) is 3.52. The van der Waals surface area contributed by atoms with Gasteiger partial charge in [-0.15, -0.1) is 0 Å². The summed E-state index contributed by atoms with van der Waals surface area (Å²) in [5.74, 6) is -0.0128. The second kappa shape index (κ2) is 6.46. The zero-order valence-electron chi connectivity index (χ0n) is 13.6. The Morgan fingerprint density at radius 1 is 1.48 bits per heavy atom. The van der Waals surface area contributed by atoms with Crippen LogP contribution in [0.15, 0.2) is 12.3 Å². The fraction of sp³-hybridized carbons (Fsp3) is 0.647. The van der Waals surface area contributed by atoms with Crippen molar-refractivity contribution in [3.05, 3.63) is 23.5 Å². The quantitative estimate of drug-likeness (QED) is 0.891. The van der Waals surface area contributed by atoms with E-state index in [1.54, 1.807) is 6.20 Å². The Morgan fingerprint density at radius 3 is 2.90 bits per heavy atom. The molecule has 0 saturated heterocycles. The van der Waals surface area contributed by atoms with Gasteiger partial charge in [-0.1, -0.05) is 20.3 Å². The molecular formula is C17H27N3O. The van der Waals surface area contributed by atoms with Gasteiger partial charge in [-0.3, -0.25) is 9.78 Å². The molecule has 1 aliphatic rings. The molecule has 0 bridgehead atoms. The molecule has 4 heteroatoms. The van der Waals surface area contributed by atoms with Crippen molar-refractivity contribution in [2.75, 3.05) is 11.9 Å². The second-order valence-corrected chi connectivity index (χ2v) is 6.83. The number of carbonyl (C=O) groups is 1. The first kappa shape index (κ1) is 15.8. The molecule has 116 valence electrons. The van der Waals surface area contributed by atoms with Crippen LogP contribution in [-0.2, 0) is 0 Å². The van der Waals surface area contributed by atoms with Crippen LogP contribution in [0.25, 0.3) is 0 Å². The van der Waals surface area contributed by atoms with Crippen molar-refractivity contribution >= 4 is 11.6 Å². The van der Waals surface area contributed by atoms with Crippen LogP contribution in [0, 0.1) is 12.3 Å². The van der Waals surface area contributed by atoms with Crippen molar-refractivity contribution in [2.24, 2.45) is 5.41 Å². The summed E-state index contributed by atoms with van der Waals surface area (Å²) < 4.78 is 0. The Labute approximate surface area is 127 Å². The van der Waals surface area contributed by atoms with Crippen LogP contribution < -0.4 is 10.6 Å². The van der Waals surface area contributed by atoms with E-state index in [9.17, 15) is 4.79 Å². The van der Waals surface area contributed by atoms with Crippen LogP contribution in [0.5, 0.6) is 0 Å². The van der Waals surface area contributed by atoms with Crippen LogP contribution in [-0.4, -0.2) is 23.5 Å². The summed E-state index contributed by atoms with van der Waals surface area (Å²) in [6.07, 6.45) is 6.23. The molecule has 1 amide bonds. The molecule has 0 aliphatic heterocycles. The van der Waals surface area contributed by atoms with Crippen LogP contribution in [0.3, 0.4) is 0 Å². The number of hydrogen-bond donors (Lipinski definition) is 2. The van der Waals surface area contributed by atoms with Gasteiger partial charge < -0.3 is 10.6 Å². The maximum absolute atomic E-state index is 12.5. The van der Waals surface area contributed by atoms with Gasteiger partial charge in [0.15, 0.2) is 0 Å². The van der Waals surface area contributed by atoms with Gasteiger partial charge in [0, 0.05) is 24.5 Å². The standard InChI is InChI=1S/C17H27N3O/c1-5-18-15-9-12(2)19-11-14(15)16(21)20-13-7-6-8-17(3,4)10-13/h9,11,13H,5-8,10H2,1-4H3,(H,18,19)(H,20,21). The number of aryl methyl sites for hydroxylation is 1. The SMILES string of the molecule is CCNc1cc(C)ncc1C(=O)NC1CCCC(C)(C)C1. The van der Waals surface area contributed by atoms with E-state index >= 15 is 0 Å². The normalized spacial score (nSPS) is 20.9. The Morgan fingerprint density at radius 2 is 2.24 bits per heavy atom. The molecule has 1 unspecified atom stereocenters. The van der Waals surface area contributed by atoms with E-state index < -0.39 is 0 Å². The van der Waals surface area contributed by atoms with Gasteiger partial charge in [-0.2, -0.15) is 0 Å². The third-order valence-electron chi connectivity index (χ3n) is 4.19. The summed E-state index contributed by atoms with van der Waals surface area (Å²) in [6, 6.07) is 2.21. The predicted molar refractivity (Wildman–Crippen MR) is 86.6 cm³/mol. The molecule has 1 saturated carbocycles. The summed E-state index contributed by atoms with van der Waals surface area (Å²) in [5, 5.41) is 6.44. The molecule has 4 nitrogen and oxygen atoms in total. The Bertz CT molecular complexity index is 511. The second-order valence-electron chi connectivity index (χ2n) is 6.83. The van der Waals surface area contributed by atoms with Crippen LogP contribution in [0.1, 0.15) is 62.5 Å². The Balaban J connectivity index is 2.09. The van der Waals surface area contributed by atoms with Gasteiger partial charge in [0.2, 0.25) is 0 Å². The number of amides is 1. The summed E-state index contributed by atoms with van der Waals surface area (Å²) in [7, 11) is 0. The smallest absolute Gasteiger partial charge is 0.255 e. The third-order valence-corrected chi connectivity index (χ3v) is 4.19. The first-order chi connectivity index (χ1) is 9.91. The highest BCUT2D eigenvalue weighted by molar-refractivity contribution is 5.99. The highest BCUT2D eigenvalue weighted by Crippen LogP contribution is 2.35. The summed E-state index contributed by atoms with van der Waals surface area (Å²) >= 11 is 0. The van der Waals surface area contributed by atoms with Crippen molar-refractivity contribution < 1.29 is 4.79 Å². The lowest BCUT2D eigenvalue weighted by atomic mass is 9.75. The molecule has 2 N–H and O–H groups in total. The molecule has 0 radical (unpaired) electrons. The van der Waals surface area contributed by atoms with Gasteiger partial charge in [-0.25, -0.2) is 0 Å². The minimum Gasteiger partial charge on any atom is -0.385 e. The van der Waals surface area contributed by atoms with Crippen molar-refractivity contribution in [1.82, 2.24) is 10.3 Å². The van der Waals surface area contributed by atoms with Crippen molar-refractivity contribution in [3.63, 3.8) is 0 Å². The lowest BCUT2D eigenvalue weighted by molar-refractivity contribution is 0.0903. The number of rotatable bonds is 4. The number of anilines is 1. The molecule has 1 aromatic heterocycles. The molecule has 1 atom stereocenters. The number of nitrogens with zero attached hydrogens (tertiary/aromatic N) is 1. The number of hydrogen-bond acceptors (Lipinski definition) is 3. The third kappa shape index (κ3) is 4.19. The van der Waals surface area contributed by atoms with E-state index in [0.29, 0.717) is 11.0 Å². The highest BCUT2D eigenvalue weighted by Gasteiger charge is 2.29. The molecule has 21 heavy (non-hydrogen) atoms. The summed E-state index contributed by atoms with van der Waals surface area (Å²) in [6.45, 7) is 9.32. The molecular weight excluding hydrogens is 262 g/mol. The lowest BCUT2D eigenvalue weighted by Crippen LogP contribution is -2.40. The Kier molecular flexibility index (Phi) is 4.86. The topological polar surface area (TPSA) is 54.0 Å². The van der Waals surface area contributed by atoms with Crippen molar-refractivity contribution in [1.29, 1.82) is 0 Å². The van der Waals surface area contributed by atoms with E-state index in [-0.39, 0.29) is 11.9 Å². The van der Waals surface area contributed by atoms with E-state index in [1.807, 2.05) is 19.9 Å². The molecule has 1 fully saturated rings. The number of aromatic nitrogens is 1. The first-order valence-corrected chi connectivity index (χ1v) is 7.92. The first-order valence-electron chi connectivity index (χ1n) is 7.92. The maximum Gasteiger partial charge on any atom is 0.255 e. The molecule has 1 aromatic rings. The lowest BCUT2D eigenvalue weighted by Gasteiger charge is -2.35. The monoisotopic (exact) mass is 289 g/mol. The van der Waals surface area contributed by atoms with E-state index in [1.165, 1.54) is 12.8 Å². The van der Waals surface area contributed by atoms with Gasteiger partial charge in [-0.05, 0) is 44.6 Å². The molecule has 1 heterocycles. The van der Waals surface area contributed by atoms with Gasteiger partial charge in [0.25, 0.3) is 5.91 Å². The molecule has 2 rings (SSSR count). The largest absolute Gasteiger partial charge is 0.385 e. The van der Waals surface area contributed by atoms with Crippen LogP contribution in [0.4, 0.5) is 5.69 Å². The fourth-order valence-electron chi connectivity index (χ4n) is 3.16. The summed E-state index contributed by atoms with van der Waals surface area (Å²) in [5.41, 5.74) is 2.76. The van der Waals surface area contributed by atoms with Crippen LogP contribution >= 0.6 is 0 Å². The minimum absolute atomic E-state index is 0.0128. The number of carbonyl (C=O) groups excluding carboxylic acids is 1. The Hall–Kier alpha value is -1.58. The van der Waals surface area contributed by atoms with Crippen molar-refractivity contribution in [2.45, 2.75) is 59.4 Å². The average molecular weight is 289 g/mol.